The van der Waals surface area contributed by atoms with Gasteiger partial charge in [0.15, 0.2) is 0 Å². The minimum atomic E-state index is -0.404. The Labute approximate surface area is 170 Å². The molecule has 0 N–H and O–H groups in total. The van der Waals surface area contributed by atoms with Gasteiger partial charge < -0.3 is 23.2 Å². The molecule has 6 heteroatoms. The maximum absolute atomic E-state index is 12.0. The largest absolute Gasteiger partial charge is 0.497 e. The van der Waals surface area contributed by atoms with Gasteiger partial charge in [-0.1, -0.05) is 0 Å². The molecule has 0 aliphatic heterocycles. The number of carbonyl (C=O) groups is 1. The van der Waals surface area contributed by atoms with Crippen molar-refractivity contribution in [1.82, 2.24) is 4.57 Å². The van der Waals surface area contributed by atoms with Crippen LogP contribution in [0.15, 0.2) is 59.2 Å². The van der Waals surface area contributed by atoms with E-state index in [9.17, 15) is 4.79 Å². The molecule has 0 unspecified atom stereocenters. The van der Waals surface area contributed by atoms with E-state index in [1.165, 1.54) is 6.08 Å². The van der Waals surface area contributed by atoms with Crippen LogP contribution in [0.3, 0.4) is 0 Å². The molecule has 3 rings (SSSR count). The number of nitrogens with zero attached hydrogens (tertiary/aromatic N) is 1. The zero-order valence-corrected chi connectivity index (χ0v) is 16.9. The number of hydrogen-bond acceptors (Lipinski definition) is 5. The first kappa shape index (κ1) is 20.3. The van der Waals surface area contributed by atoms with Crippen molar-refractivity contribution in [3.05, 3.63) is 77.5 Å². The number of hydrogen-bond donors (Lipinski definition) is 0. The predicted molar refractivity (Wildman–Crippen MR) is 110 cm³/mol. The van der Waals surface area contributed by atoms with Gasteiger partial charge in [0.05, 0.1) is 19.9 Å². The molecule has 0 saturated heterocycles. The quantitative estimate of drug-likeness (QED) is 0.305. The smallest absolute Gasteiger partial charge is 0.330 e. The van der Waals surface area contributed by atoms with Crippen molar-refractivity contribution < 1.29 is 23.4 Å². The van der Waals surface area contributed by atoms with Gasteiger partial charge in [0.2, 0.25) is 0 Å². The average molecular weight is 395 g/mol. The Morgan fingerprint density at radius 1 is 1.10 bits per heavy atom. The first-order chi connectivity index (χ1) is 14.1. The van der Waals surface area contributed by atoms with Crippen LogP contribution in [0, 0.1) is 13.8 Å². The molecule has 1 aromatic carbocycles. The Bertz CT molecular complexity index is 952. The van der Waals surface area contributed by atoms with Crippen molar-refractivity contribution in [3.8, 4) is 11.5 Å². The average Bonchev–Trinajstić information content (AvgIpc) is 3.34. The summed E-state index contributed by atoms with van der Waals surface area (Å²) in [5.74, 6) is 1.94. The second-order valence-electron chi connectivity index (χ2n) is 6.52. The van der Waals surface area contributed by atoms with E-state index < -0.39 is 5.97 Å². The van der Waals surface area contributed by atoms with Gasteiger partial charge in [-0.15, -0.1) is 0 Å². The SMILES string of the molecule is COc1ccc(OCCOC(=O)/C=C/c2cc(C)n(Cc3ccco3)c2C)cc1. The van der Waals surface area contributed by atoms with E-state index in [4.69, 9.17) is 18.6 Å². The third-order valence-electron chi connectivity index (χ3n) is 4.56. The van der Waals surface area contributed by atoms with Crippen LogP contribution in [0.1, 0.15) is 22.7 Å². The first-order valence-electron chi connectivity index (χ1n) is 9.37. The zero-order chi connectivity index (χ0) is 20.6. The van der Waals surface area contributed by atoms with E-state index in [0.717, 1.165) is 28.5 Å². The summed E-state index contributed by atoms with van der Waals surface area (Å²) in [4.78, 5) is 12.0. The normalized spacial score (nSPS) is 11.0. The van der Waals surface area contributed by atoms with Gasteiger partial charge in [-0.2, -0.15) is 0 Å². The van der Waals surface area contributed by atoms with Crippen LogP contribution >= 0.6 is 0 Å². The van der Waals surface area contributed by atoms with Crippen molar-refractivity contribution in [2.24, 2.45) is 0 Å². The fourth-order valence-corrected chi connectivity index (χ4v) is 2.98. The van der Waals surface area contributed by atoms with Crippen LogP contribution in [-0.2, 0) is 16.1 Å². The minimum absolute atomic E-state index is 0.173. The van der Waals surface area contributed by atoms with E-state index in [1.54, 1.807) is 31.6 Å². The number of esters is 1. The number of carbonyl (C=O) groups excluding carboxylic acids is 1. The highest BCUT2D eigenvalue weighted by Crippen LogP contribution is 2.19. The van der Waals surface area contributed by atoms with Gasteiger partial charge in [0.25, 0.3) is 0 Å². The number of aromatic nitrogens is 1. The highest BCUT2D eigenvalue weighted by molar-refractivity contribution is 5.87. The summed E-state index contributed by atoms with van der Waals surface area (Å²) in [5, 5.41) is 0. The van der Waals surface area contributed by atoms with Crippen LogP contribution in [-0.4, -0.2) is 30.9 Å². The van der Waals surface area contributed by atoms with Crippen LogP contribution in [0.5, 0.6) is 11.5 Å². The molecule has 0 saturated carbocycles. The fraction of sp³-hybridized carbons (Fsp3) is 0.261. The Morgan fingerprint density at radius 2 is 1.86 bits per heavy atom. The molecule has 0 radical (unpaired) electrons. The second-order valence-corrected chi connectivity index (χ2v) is 6.52. The maximum Gasteiger partial charge on any atom is 0.330 e. The Balaban J connectivity index is 1.47. The third kappa shape index (κ3) is 5.54. The fourth-order valence-electron chi connectivity index (χ4n) is 2.98. The monoisotopic (exact) mass is 395 g/mol. The molecule has 3 aromatic rings. The van der Waals surface area contributed by atoms with Crippen molar-refractivity contribution in [2.45, 2.75) is 20.4 Å². The standard InChI is InChI=1S/C23H25NO5/c1-17-15-19(18(2)24(17)16-22-5-4-12-27-22)6-11-23(25)29-14-13-28-21-9-7-20(26-3)8-10-21/h4-12,15H,13-14,16H2,1-3H3/b11-6+. The van der Waals surface area contributed by atoms with Crippen molar-refractivity contribution in [3.63, 3.8) is 0 Å². The maximum atomic E-state index is 12.0. The molecular weight excluding hydrogens is 370 g/mol. The molecule has 2 heterocycles. The number of benzene rings is 1. The van der Waals surface area contributed by atoms with Crippen LogP contribution in [0.25, 0.3) is 6.08 Å². The lowest BCUT2D eigenvalue weighted by Gasteiger charge is -2.07. The molecule has 152 valence electrons. The summed E-state index contributed by atoms with van der Waals surface area (Å²) in [6, 6.07) is 13.1. The lowest BCUT2D eigenvalue weighted by Crippen LogP contribution is -2.10. The van der Waals surface area contributed by atoms with Gasteiger partial charge in [0, 0.05) is 17.5 Å². The van der Waals surface area contributed by atoms with Gasteiger partial charge in [-0.05, 0) is 68.0 Å². The summed E-state index contributed by atoms with van der Waals surface area (Å²) in [6.07, 6.45) is 4.87. The van der Waals surface area contributed by atoms with Crippen molar-refractivity contribution in [2.75, 3.05) is 20.3 Å². The molecule has 0 bridgehead atoms. The predicted octanol–water partition coefficient (Wildman–Crippen LogP) is 4.39. The van der Waals surface area contributed by atoms with E-state index in [2.05, 4.69) is 4.57 Å². The summed E-state index contributed by atoms with van der Waals surface area (Å²) in [7, 11) is 1.61. The molecule has 6 nitrogen and oxygen atoms in total. The molecule has 29 heavy (non-hydrogen) atoms. The molecule has 0 amide bonds. The molecule has 0 spiro atoms. The molecule has 0 fully saturated rings. The minimum Gasteiger partial charge on any atom is -0.497 e. The number of aryl methyl sites for hydroxylation is 1. The molecular formula is C23H25NO5. The molecule has 2 aromatic heterocycles. The number of furan rings is 1. The Morgan fingerprint density at radius 3 is 2.55 bits per heavy atom. The van der Waals surface area contributed by atoms with Gasteiger partial charge in [-0.25, -0.2) is 4.79 Å². The van der Waals surface area contributed by atoms with Crippen LogP contribution in [0.4, 0.5) is 0 Å². The third-order valence-corrected chi connectivity index (χ3v) is 4.56. The Hall–Kier alpha value is -3.41. The molecule has 0 atom stereocenters. The van der Waals surface area contributed by atoms with E-state index >= 15 is 0 Å². The van der Waals surface area contributed by atoms with Gasteiger partial charge in [0.1, 0.15) is 30.5 Å². The van der Waals surface area contributed by atoms with Crippen LogP contribution in [0.2, 0.25) is 0 Å². The topological polar surface area (TPSA) is 62.8 Å². The van der Waals surface area contributed by atoms with Crippen molar-refractivity contribution in [1.29, 1.82) is 0 Å². The van der Waals surface area contributed by atoms with Gasteiger partial charge >= 0.3 is 5.97 Å². The second kappa shape index (κ2) is 9.68. The highest BCUT2D eigenvalue weighted by atomic mass is 16.6. The molecule has 0 aliphatic rings. The van der Waals surface area contributed by atoms with Crippen molar-refractivity contribution >= 4 is 12.0 Å². The number of methoxy groups -OCH3 is 1. The van der Waals surface area contributed by atoms with E-state index in [0.29, 0.717) is 12.3 Å². The zero-order valence-electron chi connectivity index (χ0n) is 16.9. The molecule has 0 aliphatic carbocycles. The Kier molecular flexibility index (Phi) is 6.79. The number of ether oxygens (including phenoxy) is 3. The van der Waals surface area contributed by atoms with E-state index in [1.807, 2.05) is 44.2 Å². The van der Waals surface area contributed by atoms with E-state index in [-0.39, 0.29) is 13.2 Å². The first-order valence-corrected chi connectivity index (χ1v) is 9.37. The summed E-state index contributed by atoms with van der Waals surface area (Å²) >= 11 is 0. The van der Waals surface area contributed by atoms with Crippen LogP contribution < -0.4 is 9.47 Å². The lowest BCUT2D eigenvalue weighted by molar-refractivity contribution is -0.138. The summed E-state index contributed by atoms with van der Waals surface area (Å²) in [5.41, 5.74) is 3.13. The highest BCUT2D eigenvalue weighted by Gasteiger charge is 2.09. The number of rotatable bonds is 9. The summed E-state index contributed by atoms with van der Waals surface area (Å²) in [6.45, 7) is 5.16. The van der Waals surface area contributed by atoms with Gasteiger partial charge in [-0.3, -0.25) is 0 Å². The summed E-state index contributed by atoms with van der Waals surface area (Å²) < 4.78 is 23.4. The lowest BCUT2D eigenvalue weighted by atomic mass is 10.2.